The van der Waals surface area contributed by atoms with Crippen LogP contribution in [0.15, 0.2) is 17.0 Å². The molecule has 0 amide bonds. The first-order chi connectivity index (χ1) is 8.66. The predicted molar refractivity (Wildman–Crippen MR) is 69.6 cm³/mol. The summed E-state index contributed by atoms with van der Waals surface area (Å²) in [4.78, 5) is 10.9. The fourth-order valence-electron chi connectivity index (χ4n) is 1.20. The van der Waals surface area contributed by atoms with E-state index in [1.165, 1.54) is 0 Å². The molecule has 1 rings (SSSR count). The van der Waals surface area contributed by atoms with E-state index in [1.54, 1.807) is 13.8 Å². The van der Waals surface area contributed by atoms with Gasteiger partial charge in [0, 0.05) is 10.7 Å². The molecule has 19 heavy (non-hydrogen) atoms. The summed E-state index contributed by atoms with van der Waals surface area (Å²) in [6, 6.07) is 1.48. The summed E-state index contributed by atoms with van der Waals surface area (Å²) >= 11 is 5.69. The molecule has 0 saturated carbocycles. The van der Waals surface area contributed by atoms with Crippen molar-refractivity contribution in [3.8, 4) is 0 Å². The number of carbonyl (C=O) groups is 1. The van der Waals surface area contributed by atoms with Crippen LogP contribution < -0.4 is 0 Å². The van der Waals surface area contributed by atoms with Crippen LogP contribution in [0.4, 0.5) is 4.39 Å². The highest BCUT2D eigenvalue weighted by molar-refractivity contribution is 8.13. The maximum absolute atomic E-state index is 13.4. The van der Waals surface area contributed by atoms with Crippen molar-refractivity contribution in [2.75, 3.05) is 0 Å². The molecule has 0 radical (unpaired) electrons. The van der Waals surface area contributed by atoms with Crippen LogP contribution in [0, 0.1) is 5.82 Å². The van der Waals surface area contributed by atoms with Crippen molar-refractivity contribution in [2.24, 2.45) is 0 Å². The largest absolute Gasteiger partial charge is 0.459 e. The molecule has 0 N–H and O–H groups in total. The van der Waals surface area contributed by atoms with E-state index in [2.05, 4.69) is 0 Å². The third-order valence-electron chi connectivity index (χ3n) is 2.39. The normalized spacial score (nSPS) is 13.1. The lowest BCUT2D eigenvalue weighted by atomic mass is 10.2. The highest BCUT2D eigenvalue weighted by atomic mass is 35.7. The van der Waals surface area contributed by atoms with E-state index < -0.39 is 25.7 Å². The summed E-state index contributed by atoms with van der Waals surface area (Å²) in [6.45, 7) is 3.47. The molecule has 1 aromatic carbocycles. The molecule has 0 spiro atoms. The molecule has 0 bridgehead atoms. The van der Waals surface area contributed by atoms with Gasteiger partial charge in [-0.1, -0.05) is 18.5 Å². The van der Waals surface area contributed by atoms with Crippen molar-refractivity contribution in [3.05, 3.63) is 28.5 Å². The summed E-state index contributed by atoms with van der Waals surface area (Å²) in [5, 5.41) is -0.241. The summed E-state index contributed by atoms with van der Waals surface area (Å²) < 4.78 is 40.7. The zero-order valence-corrected chi connectivity index (χ0v) is 12.4. The Kier molecular flexibility index (Phi) is 5.18. The van der Waals surface area contributed by atoms with E-state index in [-0.39, 0.29) is 16.7 Å². The maximum atomic E-state index is 13.4. The number of hydrogen-bond donors (Lipinski definition) is 0. The Hall–Kier alpha value is -0.850. The van der Waals surface area contributed by atoms with Gasteiger partial charge in [0.15, 0.2) is 0 Å². The highest BCUT2D eigenvalue weighted by Crippen LogP contribution is 2.27. The van der Waals surface area contributed by atoms with Gasteiger partial charge in [0.1, 0.15) is 10.7 Å². The van der Waals surface area contributed by atoms with Crippen molar-refractivity contribution in [1.29, 1.82) is 0 Å². The van der Waals surface area contributed by atoms with Crippen LogP contribution in [0.5, 0.6) is 0 Å². The minimum absolute atomic E-state index is 0.241. The van der Waals surface area contributed by atoms with Gasteiger partial charge in [-0.05, 0) is 25.5 Å². The van der Waals surface area contributed by atoms with E-state index in [0.717, 1.165) is 6.07 Å². The number of benzene rings is 1. The first-order valence-electron chi connectivity index (χ1n) is 5.31. The molecule has 8 heteroatoms. The Balaban J connectivity index is 3.26. The monoisotopic (exact) mass is 328 g/mol. The number of esters is 1. The fourth-order valence-corrected chi connectivity index (χ4v) is 2.33. The lowest BCUT2D eigenvalue weighted by Crippen LogP contribution is -2.15. The van der Waals surface area contributed by atoms with Gasteiger partial charge in [-0.15, -0.1) is 0 Å². The Morgan fingerprint density at radius 1 is 1.47 bits per heavy atom. The first kappa shape index (κ1) is 16.2. The van der Waals surface area contributed by atoms with E-state index in [4.69, 9.17) is 27.0 Å². The molecule has 106 valence electrons. The summed E-state index contributed by atoms with van der Waals surface area (Å²) in [7, 11) is 0.753. The number of halogens is 3. The molecule has 1 atom stereocenters. The highest BCUT2D eigenvalue weighted by Gasteiger charge is 2.23. The van der Waals surface area contributed by atoms with Crippen LogP contribution in [0.2, 0.25) is 5.02 Å². The first-order valence-corrected chi connectivity index (χ1v) is 8.00. The van der Waals surface area contributed by atoms with Crippen LogP contribution in [-0.2, 0) is 13.8 Å². The second-order valence-electron chi connectivity index (χ2n) is 3.82. The van der Waals surface area contributed by atoms with Gasteiger partial charge in [-0.3, -0.25) is 0 Å². The molecule has 0 aliphatic rings. The SMILES string of the molecule is CCC(C)OC(=O)c1cc(S(=O)(=O)Cl)c(F)cc1Cl. The quantitative estimate of drug-likeness (QED) is 0.628. The van der Waals surface area contributed by atoms with Gasteiger partial charge >= 0.3 is 5.97 Å². The average Bonchev–Trinajstić information content (AvgIpc) is 2.26. The fraction of sp³-hybridized carbons (Fsp3) is 0.364. The van der Waals surface area contributed by atoms with Gasteiger partial charge in [0.25, 0.3) is 9.05 Å². The Labute approximate surface area is 119 Å². The molecule has 1 unspecified atom stereocenters. The summed E-state index contributed by atoms with van der Waals surface area (Å²) in [5.74, 6) is -1.96. The third kappa shape index (κ3) is 4.06. The van der Waals surface area contributed by atoms with Crippen molar-refractivity contribution >= 4 is 37.3 Å². The van der Waals surface area contributed by atoms with E-state index in [0.29, 0.717) is 12.5 Å². The van der Waals surface area contributed by atoms with Crippen LogP contribution in [-0.4, -0.2) is 20.5 Å². The van der Waals surface area contributed by atoms with Gasteiger partial charge in [-0.25, -0.2) is 17.6 Å². The topological polar surface area (TPSA) is 60.4 Å². The van der Waals surface area contributed by atoms with Crippen molar-refractivity contribution in [3.63, 3.8) is 0 Å². The summed E-state index contributed by atoms with van der Waals surface area (Å²) in [6.07, 6.45) is 0.204. The standard InChI is InChI=1S/C11H11Cl2FO4S/c1-3-6(2)18-11(15)7-4-10(19(13,16)17)9(14)5-8(7)12/h4-6H,3H2,1-2H3. The molecular formula is C11H11Cl2FO4S. The van der Waals surface area contributed by atoms with Crippen LogP contribution in [0.25, 0.3) is 0 Å². The maximum Gasteiger partial charge on any atom is 0.339 e. The van der Waals surface area contributed by atoms with Crippen molar-refractivity contribution in [2.45, 2.75) is 31.3 Å². The van der Waals surface area contributed by atoms with Crippen molar-refractivity contribution < 1.29 is 22.3 Å². The molecular weight excluding hydrogens is 318 g/mol. The molecule has 0 heterocycles. The second kappa shape index (κ2) is 6.07. The zero-order valence-electron chi connectivity index (χ0n) is 10.1. The Morgan fingerprint density at radius 3 is 2.53 bits per heavy atom. The van der Waals surface area contributed by atoms with Gasteiger partial charge in [0.05, 0.1) is 16.7 Å². The predicted octanol–water partition coefficient (Wildman–Crippen LogP) is 3.36. The molecule has 0 aliphatic carbocycles. The minimum atomic E-state index is -4.31. The number of ether oxygens (including phenoxy) is 1. The number of rotatable bonds is 4. The van der Waals surface area contributed by atoms with Gasteiger partial charge < -0.3 is 4.74 Å². The average molecular weight is 329 g/mol. The Morgan fingerprint density at radius 2 is 2.05 bits per heavy atom. The molecule has 0 aromatic heterocycles. The zero-order chi connectivity index (χ0) is 14.8. The third-order valence-corrected chi connectivity index (χ3v) is 4.04. The van der Waals surface area contributed by atoms with E-state index >= 15 is 0 Å². The number of hydrogen-bond acceptors (Lipinski definition) is 4. The summed E-state index contributed by atoms with van der Waals surface area (Å²) in [5.41, 5.74) is -0.248. The minimum Gasteiger partial charge on any atom is -0.459 e. The lowest BCUT2D eigenvalue weighted by molar-refractivity contribution is 0.0334. The van der Waals surface area contributed by atoms with Gasteiger partial charge in [-0.2, -0.15) is 0 Å². The van der Waals surface area contributed by atoms with E-state index in [9.17, 15) is 17.6 Å². The van der Waals surface area contributed by atoms with Crippen LogP contribution in [0.1, 0.15) is 30.6 Å². The smallest absolute Gasteiger partial charge is 0.339 e. The van der Waals surface area contributed by atoms with Gasteiger partial charge in [0.2, 0.25) is 0 Å². The van der Waals surface area contributed by atoms with Crippen LogP contribution in [0.3, 0.4) is 0 Å². The van der Waals surface area contributed by atoms with Crippen molar-refractivity contribution in [1.82, 2.24) is 0 Å². The molecule has 0 fully saturated rings. The van der Waals surface area contributed by atoms with Crippen LogP contribution >= 0.6 is 22.3 Å². The molecule has 4 nitrogen and oxygen atoms in total. The van der Waals surface area contributed by atoms with E-state index in [1.807, 2.05) is 0 Å². The second-order valence-corrected chi connectivity index (χ2v) is 6.77. The molecule has 0 saturated heterocycles. The number of carbonyl (C=O) groups excluding carboxylic acids is 1. The molecule has 0 aliphatic heterocycles. The lowest BCUT2D eigenvalue weighted by Gasteiger charge is -2.12. The molecule has 1 aromatic rings. The Bertz CT molecular complexity index is 601.